The molecule has 1 saturated heterocycles. The summed E-state index contributed by atoms with van der Waals surface area (Å²) in [6.45, 7) is 4.27. The fourth-order valence-corrected chi connectivity index (χ4v) is 3.08. The van der Waals surface area contributed by atoms with Gasteiger partial charge in [0, 0.05) is 35.2 Å². The third-order valence-corrected chi connectivity index (χ3v) is 4.34. The Hall–Kier alpha value is -0.770. The molecule has 2 atom stereocenters. The maximum absolute atomic E-state index is 11.7. The lowest BCUT2D eigenvalue weighted by atomic mass is 9.99. The number of rotatable bonds is 3. The second kappa shape index (κ2) is 6.12. The van der Waals surface area contributed by atoms with Crippen LogP contribution in [-0.4, -0.2) is 31.1 Å². The Bertz CT molecular complexity index is 458. The number of esters is 1. The number of carbonyl (C=O) groups excluding carboxylic acids is 1. The minimum atomic E-state index is -0.139. The second-order valence-corrected chi connectivity index (χ2v) is 5.82. The van der Waals surface area contributed by atoms with Crippen molar-refractivity contribution < 1.29 is 9.53 Å². The maximum Gasteiger partial charge on any atom is 0.310 e. The van der Waals surface area contributed by atoms with Gasteiger partial charge in [-0.15, -0.1) is 0 Å². The van der Waals surface area contributed by atoms with E-state index in [1.54, 1.807) is 0 Å². The summed E-state index contributed by atoms with van der Waals surface area (Å²) in [5.41, 5.74) is 0.920. The summed E-state index contributed by atoms with van der Waals surface area (Å²) in [7, 11) is 1.43. The van der Waals surface area contributed by atoms with Crippen LogP contribution in [0, 0.1) is 11.8 Å². The fraction of sp³-hybridized carbons (Fsp3) is 0.500. The van der Waals surface area contributed by atoms with E-state index in [1.807, 2.05) is 18.2 Å². The van der Waals surface area contributed by atoms with Gasteiger partial charge < -0.3 is 4.74 Å². The van der Waals surface area contributed by atoms with Gasteiger partial charge in [-0.1, -0.05) is 36.2 Å². The summed E-state index contributed by atoms with van der Waals surface area (Å²) >= 11 is 12.3. The molecule has 1 aliphatic heterocycles. The molecular weight excluding hydrogens is 285 g/mol. The lowest BCUT2D eigenvalue weighted by Gasteiger charge is -2.17. The molecule has 0 spiro atoms. The van der Waals surface area contributed by atoms with Crippen LogP contribution in [0.4, 0.5) is 0 Å². The monoisotopic (exact) mass is 301 g/mol. The summed E-state index contributed by atoms with van der Waals surface area (Å²) in [6, 6.07) is 5.50. The molecule has 3 nitrogen and oxygen atoms in total. The fourth-order valence-electron chi connectivity index (χ4n) is 2.56. The third kappa shape index (κ3) is 3.22. The molecule has 0 saturated carbocycles. The largest absolute Gasteiger partial charge is 0.469 e. The van der Waals surface area contributed by atoms with Crippen molar-refractivity contribution >= 4 is 29.2 Å². The van der Waals surface area contributed by atoms with Crippen molar-refractivity contribution in [2.75, 3.05) is 20.2 Å². The Balaban J connectivity index is 2.08. The average Bonchev–Trinajstić information content (AvgIpc) is 2.74. The van der Waals surface area contributed by atoms with Crippen molar-refractivity contribution in [1.29, 1.82) is 0 Å². The summed E-state index contributed by atoms with van der Waals surface area (Å²) in [5, 5.41) is 1.34. The molecule has 2 rings (SSSR count). The molecule has 5 heteroatoms. The number of likely N-dealkylation sites (tertiary alicyclic amines) is 1. The molecule has 0 aromatic heterocycles. The number of methoxy groups -OCH3 is 1. The van der Waals surface area contributed by atoms with Crippen LogP contribution in [-0.2, 0) is 16.1 Å². The Morgan fingerprint density at radius 3 is 2.58 bits per heavy atom. The SMILES string of the molecule is COC(=O)C1CN(Cc2c(Cl)cccc2Cl)CC1C. The van der Waals surface area contributed by atoms with Gasteiger partial charge >= 0.3 is 5.97 Å². The van der Waals surface area contributed by atoms with Crippen LogP contribution in [0.1, 0.15) is 12.5 Å². The van der Waals surface area contributed by atoms with Crippen LogP contribution in [0.2, 0.25) is 10.0 Å². The molecule has 1 aliphatic rings. The molecule has 2 unspecified atom stereocenters. The lowest BCUT2D eigenvalue weighted by molar-refractivity contribution is -0.146. The second-order valence-electron chi connectivity index (χ2n) is 5.00. The zero-order chi connectivity index (χ0) is 14.0. The molecule has 0 radical (unpaired) electrons. The topological polar surface area (TPSA) is 29.5 Å². The molecule has 0 aliphatic carbocycles. The molecule has 0 amide bonds. The van der Waals surface area contributed by atoms with E-state index in [0.717, 1.165) is 12.1 Å². The highest BCUT2D eigenvalue weighted by Crippen LogP contribution is 2.30. The van der Waals surface area contributed by atoms with Crippen LogP contribution >= 0.6 is 23.2 Å². The predicted molar refractivity (Wildman–Crippen MR) is 76.4 cm³/mol. The Kier molecular flexibility index (Phi) is 4.71. The highest BCUT2D eigenvalue weighted by Gasteiger charge is 2.35. The van der Waals surface area contributed by atoms with E-state index in [0.29, 0.717) is 23.1 Å². The standard InChI is InChI=1S/C14H17Cl2NO2/c1-9-6-17(7-10(9)14(18)19-2)8-11-12(15)4-3-5-13(11)16/h3-5,9-10H,6-8H2,1-2H3. The van der Waals surface area contributed by atoms with Gasteiger partial charge in [-0.25, -0.2) is 0 Å². The van der Waals surface area contributed by atoms with Crippen LogP contribution in [0.15, 0.2) is 18.2 Å². The molecule has 1 aromatic carbocycles. The van der Waals surface area contributed by atoms with E-state index >= 15 is 0 Å². The number of ether oxygens (including phenoxy) is 1. The maximum atomic E-state index is 11.7. The van der Waals surface area contributed by atoms with Crippen molar-refractivity contribution in [3.8, 4) is 0 Å². The summed E-state index contributed by atoms with van der Waals surface area (Å²) in [5.74, 6) is 0.0835. The van der Waals surface area contributed by atoms with E-state index < -0.39 is 0 Å². The summed E-state index contributed by atoms with van der Waals surface area (Å²) < 4.78 is 4.83. The molecule has 19 heavy (non-hydrogen) atoms. The highest BCUT2D eigenvalue weighted by molar-refractivity contribution is 6.35. The van der Waals surface area contributed by atoms with E-state index in [9.17, 15) is 4.79 Å². The van der Waals surface area contributed by atoms with Crippen molar-refractivity contribution in [3.63, 3.8) is 0 Å². The summed E-state index contributed by atoms with van der Waals surface area (Å²) in [6.07, 6.45) is 0. The van der Waals surface area contributed by atoms with Gasteiger partial charge in [-0.2, -0.15) is 0 Å². The quantitative estimate of drug-likeness (QED) is 0.803. The first-order valence-electron chi connectivity index (χ1n) is 6.26. The zero-order valence-corrected chi connectivity index (χ0v) is 12.5. The minimum Gasteiger partial charge on any atom is -0.469 e. The van der Waals surface area contributed by atoms with Gasteiger partial charge in [0.1, 0.15) is 0 Å². The minimum absolute atomic E-state index is 0.0636. The van der Waals surface area contributed by atoms with Gasteiger partial charge in [0.25, 0.3) is 0 Å². The van der Waals surface area contributed by atoms with Crippen LogP contribution in [0.3, 0.4) is 0 Å². The van der Waals surface area contributed by atoms with Crippen molar-refractivity contribution in [2.24, 2.45) is 11.8 Å². The van der Waals surface area contributed by atoms with Crippen molar-refractivity contribution in [3.05, 3.63) is 33.8 Å². The zero-order valence-electron chi connectivity index (χ0n) is 11.0. The van der Waals surface area contributed by atoms with E-state index in [2.05, 4.69) is 11.8 Å². The highest BCUT2D eigenvalue weighted by atomic mass is 35.5. The summed E-state index contributed by atoms with van der Waals surface area (Å²) in [4.78, 5) is 13.8. The molecule has 1 aromatic rings. The number of nitrogens with zero attached hydrogens (tertiary/aromatic N) is 1. The van der Waals surface area contributed by atoms with E-state index in [4.69, 9.17) is 27.9 Å². The third-order valence-electron chi connectivity index (χ3n) is 3.64. The van der Waals surface area contributed by atoms with E-state index in [1.165, 1.54) is 7.11 Å². The van der Waals surface area contributed by atoms with Gasteiger partial charge in [0.2, 0.25) is 0 Å². The number of hydrogen-bond donors (Lipinski definition) is 0. The number of halogens is 2. The van der Waals surface area contributed by atoms with E-state index in [-0.39, 0.29) is 17.8 Å². The first-order chi connectivity index (χ1) is 9.02. The van der Waals surface area contributed by atoms with Gasteiger partial charge in [-0.3, -0.25) is 9.69 Å². The first kappa shape index (κ1) is 14.6. The lowest BCUT2D eigenvalue weighted by Crippen LogP contribution is -2.24. The number of hydrogen-bond acceptors (Lipinski definition) is 3. The molecular formula is C14H17Cl2NO2. The van der Waals surface area contributed by atoms with Crippen LogP contribution in [0.25, 0.3) is 0 Å². The normalized spacial score (nSPS) is 23.6. The van der Waals surface area contributed by atoms with Gasteiger partial charge in [0.15, 0.2) is 0 Å². The van der Waals surface area contributed by atoms with Crippen molar-refractivity contribution in [1.82, 2.24) is 4.90 Å². The number of carbonyl (C=O) groups is 1. The Labute approximate surface area is 123 Å². The first-order valence-corrected chi connectivity index (χ1v) is 7.01. The number of benzene rings is 1. The predicted octanol–water partition coefficient (Wildman–Crippen LogP) is 3.23. The van der Waals surface area contributed by atoms with Gasteiger partial charge in [0.05, 0.1) is 13.0 Å². The molecule has 1 fully saturated rings. The van der Waals surface area contributed by atoms with Crippen LogP contribution in [0.5, 0.6) is 0 Å². The Morgan fingerprint density at radius 1 is 1.37 bits per heavy atom. The molecule has 0 bridgehead atoms. The molecule has 1 heterocycles. The Morgan fingerprint density at radius 2 is 2.00 bits per heavy atom. The molecule has 0 N–H and O–H groups in total. The smallest absolute Gasteiger partial charge is 0.310 e. The van der Waals surface area contributed by atoms with Gasteiger partial charge in [-0.05, 0) is 18.1 Å². The van der Waals surface area contributed by atoms with Crippen molar-refractivity contribution in [2.45, 2.75) is 13.5 Å². The molecule has 104 valence electrons. The average molecular weight is 302 g/mol. The van der Waals surface area contributed by atoms with Crippen LogP contribution < -0.4 is 0 Å².